The third-order valence-electron chi connectivity index (χ3n) is 2.60. The molecule has 5 heteroatoms. The van der Waals surface area contributed by atoms with Crippen molar-refractivity contribution in [1.82, 2.24) is 9.78 Å². The van der Waals surface area contributed by atoms with Gasteiger partial charge in [0.25, 0.3) is 0 Å². The van der Waals surface area contributed by atoms with Gasteiger partial charge in [-0.05, 0) is 25.1 Å². The Kier molecular flexibility index (Phi) is 4.25. The largest absolute Gasteiger partial charge is 0.466 e. The van der Waals surface area contributed by atoms with Crippen molar-refractivity contribution in [2.45, 2.75) is 18.2 Å². The quantitative estimate of drug-likeness (QED) is 0.615. The molecule has 0 amide bonds. The summed E-state index contributed by atoms with van der Waals surface area (Å²) in [5.74, 6) is 0.609. The molecule has 0 saturated heterocycles. The number of hydrogen-bond donors (Lipinski definition) is 0. The van der Waals surface area contributed by atoms with Gasteiger partial charge in [-0.25, -0.2) is 0 Å². The van der Waals surface area contributed by atoms with Crippen LogP contribution in [0.5, 0.6) is 0 Å². The smallest absolute Gasteiger partial charge is 0.306 e. The molecule has 0 aliphatic carbocycles. The average Bonchev–Trinajstić information content (AvgIpc) is 2.71. The number of aromatic nitrogens is 2. The lowest BCUT2D eigenvalue weighted by Crippen LogP contribution is -2.04. The summed E-state index contributed by atoms with van der Waals surface area (Å²) in [7, 11) is 1.93. The number of hydrogen-bond acceptors (Lipinski definition) is 4. The number of fused-ring (bicyclic) bond motifs is 1. The minimum absolute atomic E-state index is 0.132. The van der Waals surface area contributed by atoms with Crippen molar-refractivity contribution in [3.63, 3.8) is 0 Å². The van der Waals surface area contributed by atoms with Gasteiger partial charge < -0.3 is 4.74 Å². The van der Waals surface area contributed by atoms with Crippen molar-refractivity contribution < 1.29 is 9.53 Å². The Morgan fingerprint density at radius 2 is 2.33 bits per heavy atom. The first kappa shape index (κ1) is 13.0. The zero-order valence-electron chi connectivity index (χ0n) is 10.5. The second kappa shape index (κ2) is 5.91. The number of thioether (sulfide) groups is 1. The first-order chi connectivity index (χ1) is 8.70. The average molecular weight is 264 g/mol. The molecule has 0 bridgehead atoms. The summed E-state index contributed by atoms with van der Waals surface area (Å²) in [5, 5.41) is 5.33. The molecule has 0 fully saturated rings. The van der Waals surface area contributed by atoms with Crippen LogP contribution in [0.4, 0.5) is 0 Å². The molecule has 0 atom stereocenters. The Bertz CT molecular complexity index is 551. The van der Waals surface area contributed by atoms with Gasteiger partial charge in [0.2, 0.25) is 0 Å². The third-order valence-corrected chi connectivity index (χ3v) is 3.59. The monoisotopic (exact) mass is 264 g/mol. The SMILES string of the molecule is CCOC(=O)CCSc1ccc2c(cnn2C)c1. The van der Waals surface area contributed by atoms with Gasteiger partial charge in [0.05, 0.1) is 24.7 Å². The van der Waals surface area contributed by atoms with E-state index in [1.165, 1.54) is 0 Å². The van der Waals surface area contributed by atoms with Gasteiger partial charge in [-0.3, -0.25) is 9.48 Å². The van der Waals surface area contributed by atoms with Crippen molar-refractivity contribution >= 4 is 28.6 Å². The summed E-state index contributed by atoms with van der Waals surface area (Å²) >= 11 is 1.66. The van der Waals surface area contributed by atoms with Crippen LogP contribution < -0.4 is 0 Å². The van der Waals surface area contributed by atoms with Gasteiger partial charge in [-0.15, -0.1) is 11.8 Å². The molecule has 1 heterocycles. The zero-order chi connectivity index (χ0) is 13.0. The molecule has 2 aromatic rings. The number of benzene rings is 1. The van der Waals surface area contributed by atoms with Crippen LogP contribution in [0.3, 0.4) is 0 Å². The Balaban J connectivity index is 1.94. The molecule has 0 aliphatic heterocycles. The lowest BCUT2D eigenvalue weighted by Gasteiger charge is -2.03. The number of nitrogens with zero attached hydrogens (tertiary/aromatic N) is 2. The Labute approximate surface area is 110 Å². The van der Waals surface area contributed by atoms with Crippen molar-refractivity contribution in [1.29, 1.82) is 0 Å². The first-order valence-corrected chi connectivity index (χ1v) is 6.89. The van der Waals surface area contributed by atoms with Crippen molar-refractivity contribution in [3.8, 4) is 0 Å². The number of ether oxygens (including phenoxy) is 1. The normalized spacial score (nSPS) is 10.8. The lowest BCUT2D eigenvalue weighted by molar-refractivity contribution is -0.142. The molecule has 0 aliphatic rings. The van der Waals surface area contributed by atoms with Crippen LogP contribution in [0.1, 0.15) is 13.3 Å². The van der Waals surface area contributed by atoms with Crippen LogP contribution in [0.2, 0.25) is 0 Å². The number of carbonyl (C=O) groups is 1. The maximum Gasteiger partial charge on any atom is 0.306 e. The van der Waals surface area contributed by atoms with Gasteiger partial charge in [0, 0.05) is 23.1 Å². The fraction of sp³-hybridized carbons (Fsp3) is 0.385. The van der Waals surface area contributed by atoms with E-state index in [0.29, 0.717) is 13.0 Å². The third kappa shape index (κ3) is 3.04. The summed E-state index contributed by atoms with van der Waals surface area (Å²) in [4.78, 5) is 12.4. The minimum Gasteiger partial charge on any atom is -0.466 e. The molecule has 0 saturated carbocycles. The standard InChI is InChI=1S/C13H16N2O2S/c1-3-17-13(16)6-7-18-11-4-5-12-10(8-11)9-14-15(12)2/h4-5,8-9H,3,6-7H2,1-2H3. The molecular weight excluding hydrogens is 248 g/mol. The number of carbonyl (C=O) groups excluding carboxylic acids is 1. The second-order valence-corrected chi connectivity index (χ2v) is 5.06. The molecule has 0 unspecified atom stereocenters. The molecule has 4 nitrogen and oxygen atoms in total. The van der Waals surface area contributed by atoms with E-state index in [1.54, 1.807) is 11.8 Å². The molecule has 0 N–H and O–H groups in total. The zero-order valence-corrected chi connectivity index (χ0v) is 11.4. The Morgan fingerprint density at radius 3 is 3.11 bits per heavy atom. The van der Waals surface area contributed by atoms with Gasteiger partial charge >= 0.3 is 5.97 Å². The molecule has 96 valence electrons. The summed E-state index contributed by atoms with van der Waals surface area (Å²) in [6.07, 6.45) is 2.30. The van der Waals surface area contributed by atoms with Crippen LogP contribution in [0.25, 0.3) is 10.9 Å². The molecule has 0 radical (unpaired) electrons. The van der Waals surface area contributed by atoms with E-state index in [2.05, 4.69) is 23.3 Å². The number of esters is 1. The Hall–Kier alpha value is -1.49. The van der Waals surface area contributed by atoms with Crippen LogP contribution in [-0.2, 0) is 16.6 Å². The van der Waals surface area contributed by atoms with Gasteiger partial charge in [0.15, 0.2) is 0 Å². The highest BCUT2D eigenvalue weighted by atomic mass is 32.2. The summed E-state index contributed by atoms with van der Waals surface area (Å²) in [5.41, 5.74) is 1.12. The van der Waals surface area contributed by atoms with Crippen molar-refractivity contribution in [2.75, 3.05) is 12.4 Å². The van der Waals surface area contributed by atoms with Gasteiger partial charge in [-0.1, -0.05) is 0 Å². The number of rotatable bonds is 5. The van der Waals surface area contributed by atoms with E-state index in [9.17, 15) is 4.79 Å². The summed E-state index contributed by atoms with van der Waals surface area (Å²) in [6.45, 7) is 2.27. The van der Waals surface area contributed by atoms with E-state index in [0.717, 1.165) is 21.6 Å². The molecule has 2 rings (SSSR count). The molecule has 1 aromatic carbocycles. The summed E-state index contributed by atoms with van der Waals surface area (Å²) < 4.78 is 6.74. The fourth-order valence-corrected chi connectivity index (χ4v) is 2.60. The maximum atomic E-state index is 11.2. The van der Waals surface area contributed by atoms with Crippen molar-refractivity contribution in [2.24, 2.45) is 7.05 Å². The Morgan fingerprint density at radius 1 is 1.50 bits per heavy atom. The van der Waals surface area contributed by atoms with E-state index >= 15 is 0 Å². The minimum atomic E-state index is -0.132. The lowest BCUT2D eigenvalue weighted by atomic mass is 10.2. The maximum absolute atomic E-state index is 11.2. The molecule has 0 spiro atoms. The van der Waals surface area contributed by atoms with Gasteiger partial charge in [0.1, 0.15) is 0 Å². The second-order valence-electron chi connectivity index (χ2n) is 3.89. The topological polar surface area (TPSA) is 44.1 Å². The van der Waals surface area contributed by atoms with Gasteiger partial charge in [-0.2, -0.15) is 5.10 Å². The molecule has 1 aromatic heterocycles. The predicted octanol–water partition coefficient (Wildman–Crippen LogP) is 2.62. The summed E-state index contributed by atoms with van der Waals surface area (Å²) in [6, 6.07) is 6.20. The van der Waals surface area contributed by atoms with E-state index in [-0.39, 0.29) is 5.97 Å². The first-order valence-electron chi connectivity index (χ1n) is 5.91. The molecular formula is C13H16N2O2S. The van der Waals surface area contributed by atoms with Crippen LogP contribution >= 0.6 is 11.8 Å². The highest BCUT2D eigenvalue weighted by molar-refractivity contribution is 7.99. The van der Waals surface area contributed by atoms with E-state index in [4.69, 9.17) is 4.74 Å². The van der Waals surface area contributed by atoms with Crippen molar-refractivity contribution in [3.05, 3.63) is 24.4 Å². The fourth-order valence-electron chi connectivity index (χ4n) is 1.72. The predicted molar refractivity (Wildman–Crippen MR) is 72.7 cm³/mol. The highest BCUT2D eigenvalue weighted by Crippen LogP contribution is 2.23. The van der Waals surface area contributed by atoms with Crippen LogP contribution in [-0.4, -0.2) is 28.1 Å². The number of aryl methyl sites for hydroxylation is 1. The van der Waals surface area contributed by atoms with Crippen LogP contribution in [0.15, 0.2) is 29.3 Å². The van der Waals surface area contributed by atoms with E-state index in [1.807, 2.05) is 24.9 Å². The highest BCUT2D eigenvalue weighted by Gasteiger charge is 2.04. The van der Waals surface area contributed by atoms with E-state index < -0.39 is 0 Å². The van der Waals surface area contributed by atoms with Crippen LogP contribution in [0, 0.1) is 0 Å². The molecule has 18 heavy (non-hydrogen) atoms.